The van der Waals surface area contributed by atoms with Gasteiger partial charge in [-0.15, -0.1) is 0 Å². The lowest BCUT2D eigenvalue weighted by Crippen LogP contribution is -2.45. The number of carbonyl (C=O) groups is 2. The molecule has 5 heteroatoms. The number of amides is 1. The third-order valence-corrected chi connectivity index (χ3v) is 5.63. The zero-order valence-electron chi connectivity index (χ0n) is 17.0. The van der Waals surface area contributed by atoms with E-state index in [4.69, 9.17) is 4.74 Å². The smallest absolute Gasteiger partial charge is 0.256 e. The first-order chi connectivity index (χ1) is 13.1. The van der Waals surface area contributed by atoms with Crippen molar-refractivity contribution < 1.29 is 14.3 Å². The summed E-state index contributed by atoms with van der Waals surface area (Å²) in [5, 5.41) is -0.0576. The second-order valence-corrected chi connectivity index (χ2v) is 10.2. The number of ether oxygens (including phenoxy) is 1. The van der Waals surface area contributed by atoms with Crippen LogP contribution in [0, 0.1) is 0 Å². The van der Waals surface area contributed by atoms with Crippen molar-refractivity contribution in [3.8, 4) is 0 Å². The predicted octanol–water partition coefficient (Wildman–Crippen LogP) is 5.06. The van der Waals surface area contributed by atoms with E-state index in [-0.39, 0.29) is 15.8 Å². The fraction of sp³-hybridized carbons (Fsp3) is 0.391. The molecule has 3 rings (SSSR count). The van der Waals surface area contributed by atoms with E-state index in [1.807, 2.05) is 83.1 Å². The van der Waals surface area contributed by atoms with Crippen LogP contribution in [0.3, 0.4) is 0 Å². The van der Waals surface area contributed by atoms with Gasteiger partial charge in [0.2, 0.25) is 5.12 Å². The van der Waals surface area contributed by atoms with Crippen molar-refractivity contribution in [2.45, 2.75) is 57.2 Å². The quantitative estimate of drug-likeness (QED) is 0.726. The molecule has 148 valence electrons. The number of benzene rings is 2. The Bertz CT molecular complexity index is 843. The second-order valence-electron chi connectivity index (χ2n) is 8.42. The first-order valence-corrected chi connectivity index (χ1v) is 10.3. The maximum atomic E-state index is 13.4. The van der Waals surface area contributed by atoms with Gasteiger partial charge >= 0.3 is 0 Å². The molecule has 0 N–H and O–H groups in total. The molecule has 2 atom stereocenters. The summed E-state index contributed by atoms with van der Waals surface area (Å²) in [5.74, 6) is -0.143. The van der Waals surface area contributed by atoms with Crippen molar-refractivity contribution in [3.63, 3.8) is 0 Å². The lowest BCUT2D eigenvalue weighted by atomic mass is 9.99. The van der Waals surface area contributed by atoms with Crippen LogP contribution in [-0.2, 0) is 9.53 Å². The maximum absolute atomic E-state index is 13.4. The highest BCUT2D eigenvalue weighted by atomic mass is 32.2. The summed E-state index contributed by atoms with van der Waals surface area (Å²) < 4.78 is 5.98. The molecule has 0 aromatic heterocycles. The van der Waals surface area contributed by atoms with Gasteiger partial charge in [-0.05, 0) is 31.5 Å². The van der Waals surface area contributed by atoms with E-state index < -0.39 is 17.9 Å². The van der Waals surface area contributed by atoms with Crippen LogP contribution >= 0.6 is 11.8 Å². The molecule has 28 heavy (non-hydrogen) atoms. The minimum Gasteiger partial charge on any atom is -0.342 e. The monoisotopic (exact) mass is 397 g/mol. The molecule has 1 fully saturated rings. The molecule has 0 unspecified atom stereocenters. The van der Waals surface area contributed by atoms with Crippen molar-refractivity contribution in [3.05, 3.63) is 71.8 Å². The van der Waals surface area contributed by atoms with Crippen LogP contribution in [0.1, 0.15) is 56.6 Å². The van der Waals surface area contributed by atoms with Crippen molar-refractivity contribution in [1.82, 2.24) is 4.90 Å². The van der Waals surface area contributed by atoms with Gasteiger partial charge in [-0.1, -0.05) is 81.1 Å². The van der Waals surface area contributed by atoms with Gasteiger partial charge in [0.15, 0.2) is 6.10 Å². The van der Waals surface area contributed by atoms with Crippen molar-refractivity contribution in [1.29, 1.82) is 0 Å². The highest BCUT2D eigenvalue weighted by molar-refractivity contribution is 8.14. The van der Waals surface area contributed by atoms with Gasteiger partial charge in [0.25, 0.3) is 5.91 Å². The van der Waals surface area contributed by atoms with Crippen LogP contribution in [0.2, 0.25) is 0 Å². The minimum atomic E-state index is -0.911. The molecule has 0 saturated carbocycles. The van der Waals surface area contributed by atoms with Gasteiger partial charge in [0, 0.05) is 10.3 Å². The van der Waals surface area contributed by atoms with E-state index in [1.54, 1.807) is 17.0 Å². The van der Waals surface area contributed by atoms with Crippen LogP contribution in [0.5, 0.6) is 0 Å². The molecule has 1 aliphatic heterocycles. The number of rotatable bonds is 3. The molecule has 2 aromatic rings. The largest absolute Gasteiger partial charge is 0.342 e. The first kappa shape index (κ1) is 20.6. The summed E-state index contributed by atoms with van der Waals surface area (Å²) in [4.78, 5) is 28.3. The average molecular weight is 398 g/mol. The van der Waals surface area contributed by atoms with Crippen LogP contribution in [0.25, 0.3) is 0 Å². The van der Waals surface area contributed by atoms with Gasteiger partial charge in [0.05, 0.1) is 6.04 Å². The van der Waals surface area contributed by atoms with E-state index in [9.17, 15) is 9.59 Å². The van der Waals surface area contributed by atoms with Gasteiger partial charge < -0.3 is 9.64 Å². The van der Waals surface area contributed by atoms with Gasteiger partial charge in [-0.3, -0.25) is 9.59 Å². The normalized spacial score (nSPS) is 21.5. The highest BCUT2D eigenvalue weighted by Crippen LogP contribution is 2.45. The van der Waals surface area contributed by atoms with Crippen LogP contribution in [-0.4, -0.2) is 32.5 Å². The van der Waals surface area contributed by atoms with Crippen LogP contribution in [0.4, 0.5) is 0 Å². The lowest BCUT2D eigenvalue weighted by Gasteiger charge is -2.34. The van der Waals surface area contributed by atoms with Crippen LogP contribution < -0.4 is 0 Å². The molecule has 1 heterocycles. The standard InChI is InChI=1S/C23H27NO3S/c1-22(2,3)28-21(26)19-18(16-12-8-6-9-13-16)24(23(4,5)27-19)20(25)17-14-10-7-11-15-17/h6-15,18-19H,1-5H3/t18-,19+/m0/s1. The lowest BCUT2D eigenvalue weighted by molar-refractivity contribution is -0.126. The summed E-state index contributed by atoms with van der Waals surface area (Å²) in [6, 6.07) is 18.3. The van der Waals surface area contributed by atoms with E-state index in [0.29, 0.717) is 5.56 Å². The summed E-state index contributed by atoms with van der Waals surface area (Å²) in [6.07, 6.45) is -0.728. The highest BCUT2D eigenvalue weighted by Gasteiger charge is 2.53. The molecule has 0 bridgehead atoms. The number of carbonyl (C=O) groups excluding carboxylic acids is 2. The van der Waals surface area contributed by atoms with E-state index in [0.717, 1.165) is 5.56 Å². The molecule has 1 saturated heterocycles. The fourth-order valence-corrected chi connectivity index (χ4v) is 4.40. The summed E-state index contributed by atoms with van der Waals surface area (Å²) in [6.45, 7) is 9.69. The third kappa shape index (κ3) is 4.31. The van der Waals surface area contributed by atoms with Gasteiger partial charge in [-0.25, -0.2) is 0 Å². The zero-order chi connectivity index (χ0) is 20.5. The SMILES string of the molecule is CC(C)(C)SC(=O)[C@@H]1OC(C)(C)N(C(=O)c2ccccc2)[C@H]1c1ccccc1. The molecule has 0 aliphatic carbocycles. The Kier molecular flexibility index (Phi) is 5.69. The van der Waals surface area contributed by atoms with E-state index >= 15 is 0 Å². The number of thioether (sulfide) groups is 1. The average Bonchev–Trinajstić information content (AvgIpc) is 2.92. The molecular weight excluding hydrogens is 370 g/mol. The molecule has 0 spiro atoms. The Labute approximate surface area is 171 Å². The zero-order valence-corrected chi connectivity index (χ0v) is 17.8. The molecule has 2 aromatic carbocycles. The maximum Gasteiger partial charge on any atom is 0.256 e. The molecule has 1 aliphatic rings. The Balaban J connectivity index is 2.05. The predicted molar refractivity (Wildman–Crippen MR) is 113 cm³/mol. The van der Waals surface area contributed by atoms with Crippen LogP contribution in [0.15, 0.2) is 60.7 Å². The van der Waals surface area contributed by atoms with Crippen molar-refractivity contribution in [2.75, 3.05) is 0 Å². The number of hydrogen-bond donors (Lipinski definition) is 0. The summed E-state index contributed by atoms with van der Waals surface area (Å²) in [5.41, 5.74) is 0.563. The third-order valence-electron chi connectivity index (χ3n) is 4.58. The number of nitrogens with zero attached hydrogens (tertiary/aromatic N) is 1. The van der Waals surface area contributed by atoms with Gasteiger partial charge in [-0.2, -0.15) is 0 Å². The summed E-state index contributed by atoms with van der Waals surface area (Å²) >= 11 is 1.26. The minimum absolute atomic E-state index is 0.0576. The Morgan fingerprint density at radius 2 is 1.50 bits per heavy atom. The first-order valence-electron chi connectivity index (χ1n) is 9.44. The molecule has 1 amide bonds. The Morgan fingerprint density at radius 1 is 0.964 bits per heavy atom. The molecule has 0 radical (unpaired) electrons. The van der Waals surface area contributed by atoms with Crippen molar-refractivity contribution in [2.24, 2.45) is 0 Å². The van der Waals surface area contributed by atoms with Gasteiger partial charge in [0.1, 0.15) is 5.72 Å². The van der Waals surface area contributed by atoms with E-state index in [2.05, 4.69) is 0 Å². The Hall–Kier alpha value is -2.11. The van der Waals surface area contributed by atoms with Crippen molar-refractivity contribution >= 4 is 22.8 Å². The second kappa shape index (κ2) is 7.72. The molecule has 4 nitrogen and oxygen atoms in total. The van der Waals surface area contributed by atoms with E-state index in [1.165, 1.54) is 11.8 Å². The molecular formula is C23H27NO3S. The Morgan fingerprint density at radius 3 is 2.04 bits per heavy atom. The topological polar surface area (TPSA) is 46.6 Å². The number of hydrogen-bond acceptors (Lipinski definition) is 4. The summed E-state index contributed by atoms with van der Waals surface area (Å²) in [7, 11) is 0. The fourth-order valence-electron chi connectivity index (χ4n) is 3.50.